The largest absolute Gasteiger partial charge is 0.494 e. The van der Waals surface area contributed by atoms with Gasteiger partial charge in [0.1, 0.15) is 16.8 Å². The summed E-state index contributed by atoms with van der Waals surface area (Å²) in [6.07, 6.45) is 4.03. The van der Waals surface area contributed by atoms with E-state index < -0.39 is 0 Å². The average molecular weight is 360 g/mol. The Bertz CT molecular complexity index is 905. The molecule has 3 rings (SSSR count). The fourth-order valence-electron chi connectivity index (χ4n) is 2.44. The zero-order valence-electron chi connectivity index (χ0n) is 14.7. The summed E-state index contributed by atoms with van der Waals surface area (Å²) in [7, 11) is 0. The summed E-state index contributed by atoms with van der Waals surface area (Å²) in [5, 5.41) is 12.3. The molecule has 0 aliphatic heterocycles. The van der Waals surface area contributed by atoms with Gasteiger partial charge in [0.05, 0.1) is 17.9 Å². The SMILES string of the molecule is CCCCOc1ccc(/C=C(/C#N)c2nc(-c3ccccc3)cs2)cc1. The number of hydrogen-bond donors (Lipinski definition) is 0. The fourth-order valence-corrected chi connectivity index (χ4v) is 3.24. The van der Waals surface area contributed by atoms with E-state index in [2.05, 4.69) is 18.0 Å². The summed E-state index contributed by atoms with van der Waals surface area (Å²) in [5.41, 5.74) is 3.48. The summed E-state index contributed by atoms with van der Waals surface area (Å²) >= 11 is 1.49. The minimum Gasteiger partial charge on any atom is -0.494 e. The maximum atomic E-state index is 9.54. The molecule has 2 aromatic carbocycles. The van der Waals surface area contributed by atoms with Crippen LogP contribution in [0.5, 0.6) is 5.75 Å². The lowest BCUT2D eigenvalue weighted by Gasteiger charge is -2.05. The molecular formula is C22H20N2OS. The molecule has 0 radical (unpaired) electrons. The van der Waals surface area contributed by atoms with E-state index in [1.165, 1.54) is 11.3 Å². The summed E-state index contributed by atoms with van der Waals surface area (Å²) in [6.45, 7) is 2.87. The maximum Gasteiger partial charge on any atom is 0.134 e. The second-order valence-corrected chi connectivity index (χ2v) is 6.70. The van der Waals surface area contributed by atoms with Gasteiger partial charge in [0.2, 0.25) is 0 Å². The van der Waals surface area contributed by atoms with E-state index in [1.807, 2.05) is 66.1 Å². The topological polar surface area (TPSA) is 45.9 Å². The molecule has 0 aliphatic carbocycles. The molecule has 0 amide bonds. The van der Waals surface area contributed by atoms with Crippen LogP contribution in [0.15, 0.2) is 60.0 Å². The number of ether oxygens (including phenoxy) is 1. The molecule has 1 heterocycles. The Kier molecular flexibility index (Phi) is 6.19. The fraction of sp³-hybridized carbons (Fsp3) is 0.182. The molecule has 0 aliphatic rings. The minimum atomic E-state index is 0.567. The predicted molar refractivity (Wildman–Crippen MR) is 108 cm³/mol. The highest BCUT2D eigenvalue weighted by molar-refractivity contribution is 7.11. The van der Waals surface area contributed by atoms with Crippen LogP contribution in [0.25, 0.3) is 22.9 Å². The highest BCUT2D eigenvalue weighted by Gasteiger charge is 2.09. The molecule has 3 aromatic rings. The molecule has 0 unspecified atom stereocenters. The molecule has 26 heavy (non-hydrogen) atoms. The van der Waals surface area contributed by atoms with Gasteiger partial charge in [0, 0.05) is 10.9 Å². The smallest absolute Gasteiger partial charge is 0.134 e. The lowest BCUT2D eigenvalue weighted by molar-refractivity contribution is 0.309. The third kappa shape index (κ3) is 4.59. The zero-order chi connectivity index (χ0) is 18.2. The van der Waals surface area contributed by atoms with Gasteiger partial charge in [-0.3, -0.25) is 0 Å². The van der Waals surface area contributed by atoms with Crippen LogP contribution >= 0.6 is 11.3 Å². The average Bonchev–Trinajstić information content (AvgIpc) is 3.18. The van der Waals surface area contributed by atoms with Crippen LogP contribution in [0.2, 0.25) is 0 Å². The van der Waals surface area contributed by atoms with Gasteiger partial charge in [-0.05, 0) is 30.2 Å². The van der Waals surface area contributed by atoms with Gasteiger partial charge in [0.15, 0.2) is 0 Å². The molecule has 0 fully saturated rings. The molecule has 0 saturated carbocycles. The first-order chi connectivity index (χ1) is 12.8. The predicted octanol–water partition coefficient (Wildman–Crippen LogP) is 6.05. The summed E-state index contributed by atoms with van der Waals surface area (Å²) in [6, 6.07) is 20.1. The molecule has 130 valence electrons. The van der Waals surface area contributed by atoms with E-state index in [-0.39, 0.29) is 0 Å². The number of aromatic nitrogens is 1. The van der Waals surface area contributed by atoms with E-state index in [4.69, 9.17) is 4.74 Å². The van der Waals surface area contributed by atoms with Gasteiger partial charge >= 0.3 is 0 Å². The third-order valence-electron chi connectivity index (χ3n) is 3.88. The highest BCUT2D eigenvalue weighted by atomic mass is 32.1. The standard InChI is InChI=1S/C22H20N2OS/c1-2-3-13-25-20-11-9-17(10-12-20)14-19(15-23)22-24-21(16-26-22)18-7-5-4-6-8-18/h4-12,14,16H,2-3,13H2,1H3/b19-14-. The van der Waals surface area contributed by atoms with Crippen molar-refractivity contribution in [3.63, 3.8) is 0 Å². The van der Waals surface area contributed by atoms with Crippen molar-refractivity contribution in [1.82, 2.24) is 4.98 Å². The van der Waals surface area contributed by atoms with Crippen LogP contribution in [0.1, 0.15) is 30.3 Å². The van der Waals surface area contributed by atoms with E-state index in [0.29, 0.717) is 5.57 Å². The molecule has 0 atom stereocenters. The summed E-state index contributed by atoms with van der Waals surface area (Å²) in [5.74, 6) is 0.856. The van der Waals surface area contributed by atoms with Crippen molar-refractivity contribution < 1.29 is 4.74 Å². The zero-order valence-corrected chi connectivity index (χ0v) is 15.5. The Morgan fingerprint density at radius 1 is 1.15 bits per heavy atom. The van der Waals surface area contributed by atoms with Crippen LogP contribution < -0.4 is 4.74 Å². The van der Waals surface area contributed by atoms with E-state index in [1.54, 1.807) is 0 Å². The maximum absolute atomic E-state index is 9.54. The van der Waals surface area contributed by atoms with E-state index >= 15 is 0 Å². The van der Waals surface area contributed by atoms with Crippen LogP contribution in [0, 0.1) is 11.3 Å². The van der Waals surface area contributed by atoms with Crippen LogP contribution in [0.4, 0.5) is 0 Å². The molecule has 3 nitrogen and oxygen atoms in total. The van der Waals surface area contributed by atoms with Gasteiger partial charge < -0.3 is 4.74 Å². The van der Waals surface area contributed by atoms with Gasteiger partial charge in [0.25, 0.3) is 0 Å². The van der Waals surface area contributed by atoms with Crippen molar-refractivity contribution in [1.29, 1.82) is 5.26 Å². The second kappa shape index (κ2) is 8.98. The summed E-state index contributed by atoms with van der Waals surface area (Å²) < 4.78 is 5.67. The van der Waals surface area contributed by atoms with Crippen LogP contribution in [-0.2, 0) is 0 Å². The van der Waals surface area contributed by atoms with Crippen LogP contribution in [-0.4, -0.2) is 11.6 Å². The van der Waals surface area contributed by atoms with Gasteiger partial charge in [-0.15, -0.1) is 11.3 Å². The molecule has 1 aromatic heterocycles. The normalized spacial score (nSPS) is 11.2. The minimum absolute atomic E-state index is 0.567. The monoisotopic (exact) mass is 360 g/mol. The Balaban J connectivity index is 1.76. The Hall–Kier alpha value is -2.90. The molecular weight excluding hydrogens is 340 g/mol. The van der Waals surface area contributed by atoms with Crippen LogP contribution in [0.3, 0.4) is 0 Å². The Morgan fingerprint density at radius 3 is 2.62 bits per heavy atom. The number of nitrogens with zero attached hydrogens (tertiary/aromatic N) is 2. The van der Waals surface area contributed by atoms with Crippen molar-refractivity contribution in [2.75, 3.05) is 6.61 Å². The Labute approximate surface area is 158 Å². The first-order valence-corrected chi connectivity index (χ1v) is 9.54. The Morgan fingerprint density at radius 2 is 1.92 bits per heavy atom. The molecule has 0 bridgehead atoms. The third-order valence-corrected chi connectivity index (χ3v) is 4.76. The van der Waals surface area contributed by atoms with Gasteiger partial charge in [-0.25, -0.2) is 4.98 Å². The van der Waals surface area contributed by atoms with Crippen molar-refractivity contribution in [3.8, 4) is 23.1 Å². The number of rotatable bonds is 7. The first kappa shape index (κ1) is 17.9. The number of hydrogen-bond acceptors (Lipinski definition) is 4. The number of benzene rings is 2. The van der Waals surface area contributed by atoms with E-state index in [0.717, 1.165) is 47.0 Å². The molecule has 0 saturated heterocycles. The van der Waals surface area contributed by atoms with Crippen molar-refractivity contribution in [3.05, 3.63) is 70.5 Å². The van der Waals surface area contributed by atoms with Gasteiger partial charge in [-0.1, -0.05) is 55.8 Å². The van der Waals surface area contributed by atoms with Crippen molar-refractivity contribution >= 4 is 23.0 Å². The first-order valence-electron chi connectivity index (χ1n) is 8.66. The number of unbranched alkanes of at least 4 members (excludes halogenated alkanes) is 1. The molecule has 0 N–H and O–H groups in total. The quantitative estimate of drug-likeness (QED) is 0.380. The van der Waals surface area contributed by atoms with Crippen molar-refractivity contribution in [2.24, 2.45) is 0 Å². The lowest BCUT2D eigenvalue weighted by Crippen LogP contribution is -1.95. The van der Waals surface area contributed by atoms with Crippen molar-refractivity contribution in [2.45, 2.75) is 19.8 Å². The number of nitriles is 1. The summed E-state index contributed by atoms with van der Waals surface area (Å²) in [4.78, 5) is 4.62. The highest BCUT2D eigenvalue weighted by Crippen LogP contribution is 2.27. The van der Waals surface area contributed by atoms with E-state index in [9.17, 15) is 5.26 Å². The lowest BCUT2D eigenvalue weighted by atomic mass is 10.1. The molecule has 4 heteroatoms. The number of thiazole rings is 1. The van der Waals surface area contributed by atoms with Gasteiger partial charge in [-0.2, -0.15) is 5.26 Å². The molecule has 0 spiro atoms. The number of allylic oxidation sites excluding steroid dienone is 1. The second-order valence-electron chi connectivity index (χ2n) is 5.84.